The molecular formula is C15H25FN2. The second-order valence-corrected chi connectivity index (χ2v) is 5.19. The maximum atomic E-state index is 13.7. The van der Waals surface area contributed by atoms with E-state index >= 15 is 0 Å². The normalized spacial score (nSPS) is 16.6. The van der Waals surface area contributed by atoms with Crippen LogP contribution in [0.2, 0.25) is 0 Å². The van der Waals surface area contributed by atoms with Crippen LogP contribution < -0.4 is 5.73 Å². The molecule has 3 heteroatoms. The van der Waals surface area contributed by atoms with E-state index in [-0.39, 0.29) is 17.9 Å². The Kier molecular flexibility index (Phi) is 5.76. The lowest BCUT2D eigenvalue weighted by Crippen LogP contribution is -2.40. The van der Waals surface area contributed by atoms with E-state index in [1.165, 1.54) is 6.07 Å². The van der Waals surface area contributed by atoms with Gasteiger partial charge in [-0.15, -0.1) is 0 Å². The molecule has 0 aromatic heterocycles. The van der Waals surface area contributed by atoms with Crippen molar-refractivity contribution in [2.24, 2.45) is 11.7 Å². The topological polar surface area (TPSA) is 29.3 Å². The Morgan fingerprint density at radius 1 is 1.28 bits per heavy atom. The van der Waals surface area contributed by atoms with E-state index < -0.39 is 0 Å². The predicted octanol–water partition coefficient (Wildman–Crippen LogP) is 3.19. The second-order valence-electron chi connectivity index (χ2n) is 5.19. The first-order valence-electron chi connectivity index (χ1n) is 6.67. The van der Waals surface area contributed by atoms with E-state index in [4.69, 9.17) is 5.73 Å². The van der Waals surface area contributed by atoms with Crippen molar-refractivity contribution in [1.29, 1.82) is 0 Å². The summed E-state index contributed by atoms with van der Waals surface area (Å²) in [6.07, 6.45) is 1.07. The van der Waals surface area contributed by atoms with Gasteiger partial charge >= 0.3 is 0 Å². The summed E-state index contributed by atoms with van der Waals surface area (Å²) in [5.74, 6) is 0.342. The molecule has 0 aliphatic carbocycles. The molecule has 18 heavy (non-hydrogen) atoms. The van der Waals surface area contributed by atoms with E-state index in [0.717, 1.165) is 18.5 Å². The lowest BCUT2D eigenvalue weighted by molar-refractivity contribution is 0.218. The molecule has 2 N–H and O–H groups in total. The van der Waals surface area contributed by atoms with Crippen LogP contribution in [-0.2, 0) is 0 Å². The first-order chi connectivity index (χ1) is 8.47. The predicted molar refractivity (Wildman–Crippen MR) is 74.9 cm³/mol. The van der Waals surface area contributed by atoms with Gasteiger partial charge in [0.25, 0.3) is 0 Å². The molecule has 2 nitrogen and oxygen atoms in total. The Morgan fingerprint density at radius 3 is 2.44 bits per heavy atom. The summed E-state index contributed by atoms with van der Waals surface area (Å²) in [7, 11) is 2.00. The molecule has 0 spiro atoms. The summed E-state index contributed by atoms with van der Waals surface area (Å²) in [5.41, 5.74) is 6.88. The third kappa shape index (κ3) is 3.79. The van der Waals surface area contributed by atoms with Crippen molar-refractivity contribution in [3.63, 3.8) is 0 Å². The van der Waals surface area contributed by atoms with Crippen molar-refractivity contribution in [2.75, 3.05) is 13.6 Å². The molecule has 0 fully saturated rings. The van der Waals surface area contributed by atoms with Crippen LogP contribution in [0.4, 0.5) is 4.39 Å². The van der Waals surface area contributed by atoms with Gasteiger partial charge in [-0.1, -0.05) is 38.5 Å². The molecule has 1 aromatic carbocycles. The maximum absolute atomic E-state index is 13.7. The Bertz CT molecular complexity index is 367. The zero-order valence-electron chi connectivity index (χ0n) is 11.9. The molecular weight excluding hydrogens is 227 g/mol. The van der Waals surface area contributed by atoms with Crippen molar-refractivity contribution in [2.45, 2.75) is 39.3 Å². The van der Waals surface area contributed by atoms with Gasteiger partial charge in [0, 0.05) is 24.2 Å². The van der Waals surface area contributed by atoms with Gasteiger partial charge in [0.1, 0.15) is 5.82 Å². The van der Waals surface area contributed by atoms with Crippen LogP contribution in [0.1, 0.15) is 38.8 Å². The Hall–Kier alpha value is -0.930. The molecule has 1 rings (SSSR count). The summed E-state index contributed by atoms with van der Waals surface area (Å²) >= 11 is 0. The third-order valence-corrected chi connectivity index (χ3v) is 3.89. The molecule has 1 aromatic rings. The zero-order chi connectivity index (χ0) is 13.7. The molecule has 0 saturated heterocycles. The number of halogens is 1. The van der Waals surface area contributed by atoms with Crippen molar-refractivity contribution in [3.8, 4) is 0 Å². The first-order valence-corrected chi connectivity index (χ1v) is 6.67. The highest BCUT2D eigenvalue weighted by atomic mass is 19.1. The summed E-state index contributed by atoms with van der Waals surface area (Å²) < 4.78 is 13.7. The van der Waals surface area contributed by atoms with Gasteiger partial charge < -0.3 is 5.73 Å². The lowest BCUT2D eigenvalue weighted by Gasteiger charge is -2.30. The van der Waals surface area contributed by atoms with Crippen LogP contribution in [-0.4, -0.2) is 24.5 Å². The number of hydrogen-bond acceptors (Lipinski definition) is 2. The van der Waals surface area contributed by atoms with E-state index in [9.17, 15) is 4.39 Å². The van der Waals surface area contributed by atoms with Gasteiger partial charge in [0.2, 0.25) is 0 Å². The Morgan fingerprint density at radius 2 is 1.89 bits per heavy atom. The largest absolute Gasteiger partial charge is 0.326 e. The van der Waals surface area contributed by atoms with Crippen molar-refractivity contribution >= 4 is 0 Å². The number of rotatable bonds is 6. The van der Waals surface area contributed by atoms with Gasteiger partial charge in [-0.3, -0.25) is 4.90 Å². The molecule has 102 valence electrons. The highest BCUT2D eigenvalue weighted by molar-refractivity contribution is 5.20. The summed E-state index contributed by atoms with van der Waals surface area (Å²) in [5, 5.41) is 0. The quantitative estimate of drug-likeness (QED) is 0.842. The second kappa shape index (κ2) is 6.86. The molecule has 0 amide bonds. The summed E-state index contributed by atoms with van der Waals surface area (Å²) in [6.45, 7) is 7.10. The van der Waals surface area contributed by atoms with Crippen LogP contribution in [0.3, 0.4) is 0 Å². The Labute approximate surface area is 110 Å². The van der Waals surface area contributed by atoms with Gasteiger partial charge in [0.05, 0.1) is 0 Å². The minimum absolute atomic E-state index is 0.0429. The number of likely N-dealkylation sites (N-methyl/N-ethyl adjacent to an activating group) is 1. The van der Waals surface area contributed by atoms with Crippen LogP contribution in [0.15, 0.2) is 24.3 Å². The standard InChI is InChI=1S/C15H25FN2/c1-5-11(2)15(17)10-18(4)12(3)13-8-6-7-9-14(13)16/h6-9,11-12,15H,5,10,17H2,1-4H3. The number of benzene rings is 1. The average molecular weight is 252 g/mol. The third-order valence-electron chi connectivity index (χ3n) is 3.89. The van der Waals surface area contributed by atoms with Crippen LogP contribution >= 0.6 is 0 Å². The van der Waals surface area contributed by atoms with Gasteiger partial charge in [0.15, 0.2) is 0 Å². The molecule has 0 saturated carbocycles. The first kappa shape index (κ1) is 15.1. The molecule has 3 atom stereocenters. The van der Waals surface area contributed by atoms with Crippen LogP contribution in [0.5, 0.6) is 0 Å². The fraction of sp³-hybridized carbons (Fsp3) is 0.600. The summed E-state index contributed by atoms with van der Waals surface area (Å²) in [4.78, 5) is 2.12. The molecule has 0 aliphatic rings. The van der Waals surface area contributed by atoms with E-state index in [0.29, 0.717) is 5.92 Å². The van der Waals surface area contributed by atoms with Crippen LogP contribution in [0, 0.1) is 11.7 Å². The number of hydrogen-bond donors (Lipinski definition) is 1. The van der Waals surface area contributed by atoms with Crippen molar-refractivity contribution in [1.82, 2.24) is 4.90 Å². The fourth-order valence-electron chi connectivity index (χ4n) is 2.02. The SMILES string of the molecule is CCC(C)C(N)CN(C)C(C)c1ccccc1F. The number of nitrogens with zero attached hydrogens (tertiary/aromatic N) is 1. The molecule has 3 unspecified atom stereocenters. The number of nitrogens with two attached hydrogens (primary N) is 1. The minimum Gasteiger partial charge on any atom is -0.326 e. The molecule has 0 radical (unpaired) electrons. The minimum atomic E-state index is -0.144. The van der Waals surface area contributed by atoms with Gasteiger partial charge in [-0.25, -0.2) is 4.39 Å². The monoisotopic (exact) mass is 252 g/mol. The fourth-order valence-corrected chi connectivity index (χ4v) is 2.02. The highest BCUT2D eigenvalue weighted by Gasteiger charge is 2.19. The van der Waals surface area contributed by atoms with E-state index in [1.807, 2.05) is 26.1 Å². The molecule has 0 aliphatic heterocycles. The van der Waals surface area contributed by atoms with Gasteiger partial charge in [-0.2, -0.15) is 0 Å². The van der Waals surface area contributed by atoms with Crippen molar-refractivity contribution in [3.05, 3.63) is 35.6 Å². The maximum Gasteiger partial charge on any atom is 0.127 e. The highest BCUT2D eigenvalue weighted by Crippen LogP contribution is 2.22. The smallest absolute Gasteiger partial charge is 0.127 e. The summed E-state index contributed by atoms with van der Waals surface area (Å²) in [6, 6.07) is 7.11. The Balaban J connectivity index is 2.67. The van der Waals surface area contributed by atoms with Crippen molar-refractivity contribution < 1.29 is 4.39 Å². The van der Waals surface area contributed by atoms with Gasteiger partial charge in [-0.05, 0) is 26.0 Å². The zero-order valence-corrected chi connectivity index (χ0v) is 11.9. The molecule has 0 heterocycles. The van der Waals surface area contributed by atoms with Crippen LogP contribution in [0.25, 0.3) is 0 Å². The molecule has 0 bridgehead atoms. The average Bonchev–Trinajstić information content (AvgIpc) is 2.37. The lowest BCUT2D eigenvalue weighted by atomic mass is 9.98. The van der Waals surface area contributed by atoms with E-state index in [1.54, 1.807) is 6.07 Å². The van der Waals surface area contributed by atoms with E-state index in [2.05, 4.69) is 18.7 Å².